The predicted molar refractivity (Wildman–Crippen MR) is 70.2 cm³/mol. The van der Waals surface area contributed by atoms with Gasteiger partial charge < -0.3 is 10.6 Å². The predicted octanol–water partition coefficient (Wildman–Crippen LogP) is 1.07. The van der Waals surface area contributed by atoms with E-state index in [1.165, 1.54) is 16.8 Å². The molecule has 3 rings (SSSR count). The average molecular weight is 243 g/mol. The molecular formula is C13H17N5. The van der Waals surface area contributed by atoms with E-state index in [9.17, 15) is 0 Å². The number of hydrogen-bond donors (Lipinski definition) is 2. The second-order valence-electron chi connectivity index (χ2n) is 4.57. The lowest BCUT2D eigenvalue weighted by atomic mass is 10.1. The fourth-order valence-electron chi connectivity index (χ4n) is 2.33. The molecule has 0 spiro atoms. The van der Waals surface area contributed by atoms with Crippen molar-refractivity contribution in [3.8, 4) is 0 Å². The summed E-state index contributed by atoms with van der Waals surface area (Å²) in [6.45, 7) is 2.59. The zero-order valence-electron chi connectivity index (χ0n) is 10.5. The molecule has 0 radical (unpaired) electrons. The summed E-state index contributed by atoms with van der Waals surface area (Å²) < 4.78 is 1.72. The fraction of sp³-hybridized carbons (Fsp3) is 0.385. The Morgan fingerprint density at radius 1 is 1.39 bits per heavy atom. The number of benzene rings is 1. The maximum Gasteiger partial charge on any atom is 0.164 e. The van der Waals surface area contributed by atoms with Gasteiger partial charge in [-0.25, -0.2) is 4.98 Å². The zero-order valence-corrected chi connectivity index (χ0v) is 10.5. The Bertz CT molecular complexity index is 546. The van der Waals surface area contributed by atoms with Gasteiger partial charge in [-0.1, -0.05) is 18.2 Å². The topological polar surface area (TPSA) is 54.8 Å². The van der Waals surface area contributed by atoms with Gasteiger partial charge in [-0.2, -0.15) is 5.10 Å². The van der Waals surface area contributed by atoms with Crippen molar-refractivity contribution < 1.29 is 0 Å². The highest BCUT2D eigenvalue weighted by molar-refractivity contribution is 5.61. The van der Waals surface area contributed by atoms with Crippen LogP contribution in [0.5, 0.6) is 0 Å². The van der Waals surface area contributed by atoms with Gasteiger partial charge in [0.25, 0.3) is 0 Å². The molecule has 5 heteroatoms. The molecule has 2 N–H and O–H groups in total. The van der Waals surface area contributed by atoms with E-state index in [0.29, 0.717) is 6.54 Å². The molecule has 1 aromatic heterocycles. The molecule has 0 saturated heterocycles. The Balaban J connectivity index is 1.62. The molecule has 1 aromatic carbocycles. The second kappa shape index (κ2) is 4.78. The second-order valence-corrected chi connectivity index (χ2v) is 4.57. The van der Waals surface area contributed by atoms with E-state index in [1.807, 2.05) is 7.05 Å². The first-order chi connectivity index (χ1) is 8.83. The Morgan fingerprint density at radius 2 is 2.33 bits per heavy atom. The van der Waals surface area contributed by atoms with Crippen molar-refractivity contribution in [2.24, 2.45) is 7.05 Å². The average Bonchev–Trinajstić information content (AvgIpc) is 2.98. The maximum atomic E-state index is 4.24. The molecule has 0 saturated carbocycles. The van der Waals surface area contributed by atoms with E-state index in [4.69, 9.17) is 0 Å². The molecule has 0 unspecified atom stereocenters. The third-order valence-electron chi connectivity index (χ3n) is 3.18. The summed E-state index contributed by atoms with van der Waals surface area (Å²) in [5.74, 6) is 0.832. The van der Waals surface area contributed by atoms with Crippen molar-refractivity contribution in [1.29, 1.82) is 0 Å². The number of nitrogens with one attached hydrogen (secondary N) is 2. The minimum Gasteiger partial charge on any atom is -0.384 e. The minimum atomic E-state index is 0.699. The lowest BCUT2D eigenvalue weighted by Crippen LogP contribution is -2.15. The van der Waals surface area contributed by atoms with Crippen molar-refractivity contribution in [2.45, 2.75) is 19.5 Å². The highest BCUT2D eigenvalue weighted by atomic mass is 15.3. The monoisotopic (exact) mass is 243 g/mol. The number of aromatic nitrogens is 3. The van der Waals surface area contributed by atoms with Crippen molar-refractivity contribution in [2.75, 3.05) is 11.9 Å². The molecular weight excluding hydrogens is 226 g/mol. The number of aryl methyl sites for hydroxylation is 1. The first-order valence-corrected chi connectivity index (χ1v) is 6.23. The van der Waals surface area contributed by atoms with Gasteiger partial charge in [0.15, 0.2) is 5.82 Å². The van der Waals surface area contributed by atoms with Gasteiger partial charge in [-0.3, -0.25) is 4.68 Å². The lowest BCUT2D eigenvalue weighted by Gasteiger charge is -2.09. The number of fused-ring (bicyclic) bond motifs is 1. The Kier molecular flexibility index (Phi) is 2.98. The maximum absolute atomic E-state index is 4.24. The van der Waals surface area contributed by atoms with Gasteiger partial charge in [-0.05, 0) is 17.5 Å². The van der Waals surface area contributed by atoms with Crippen LogP contribution in [0.2, 0.25) is 0 Å². The Morgan fingerprint density at radius 3 is 3.17 bits per heavy atom. The molecule has 5 nitrogen and oxygen atoms in total. The van der Waals surface area contributed by atoms with Crippen molar-refractivity contribution in [3.63, 3.8) is 0 Å². The summed E-state index contributed by atoms with van der Waals surface area (Å²) in [4.78, 5) is 4.19. The summed E-state index contributed by atoms with van der Waals surface area (Å²) >= 11 is 0. The summed E-state index contributed by atoms with van der Waals surface area (Å²) in [5, 5.41) is 11.1. The van der Waals surface area contributed by atoms with Crippen LogP contribution in [0.4, 0.5) is 5.69 Å². The highest BCUT2D eigenvalue weighted by Gasteiger charge is 2.13. The van der Waals surface area contributed by atoms with Gasteiger partial charge in [0, 0.05) is 25.8 Å². The minimum absolute atomic E-state index is 0.699. The van der Waals surface area contributed by atoms with Crippen LogP contribution in [-0.2, 0) is 26.6 Å². The number of nitrogens with zero attached hydrogens (tertiary/aromatic N) is 3. The molecule has 0 fully saturated rings. The van der Waals surface area contributed by atoms with Crippen LogP contribution >= 0.6 is 0 Å². The van der Waals surface area contributed by atoms with Crippen LogP contribution in [0.15, 0.2) is 24.5 Å². The largest absolute Gasteiger partial charge is 0.384 e. The van der Waals surface area contributed by atoms with Crippen LogP contribution in [0.3, 0.4) is 0 Å². The molecule has 0 bridgehead atoms. The highest BCUT2D eigenvalue weighted by Crippen LogP contribution is 2.26. The van der Waals surface area contributed by atoms with Crippen molar-refractivity contribution in [3.05, 3.63) is 41.5 Å². The molecule has 1 aliphatic rings. The first-order valence-electron chi connectivity index (χ1n) is 6.23. The fourth-order valence-corrected chi connectivity index (χ4v) is 2.33. The van der Waals surface area contributed by atoms with E-state index in [-0.39, 0.29) is 0 Å². The Hall–Kier alpha value is -1.88. The van der Waals surface area contributed by atoms with Gasteiger partial charge >= 0.3 is 0 Å². The SMILES string of the molecule is Cn1cnc(CNCc2cccc3c2NCC3)n1. The number of hydrogen-bond acceptors (Lipinski definition) is 4. The standard InChI is InChI=1S/C13H17N5/c1-18-9-16-12(17-18)8-14-7-11-4-2-3-10-5-6-15-13(10)11/h2-4,9,14-15H,5-8H2,1H3. The molecule has 94 valence electrons. The van der Waals surface area contributed by atoms with Gasteiger partial charge in [-0.15, -0.1) is 0 Å². The van der Waals surface area contributed by atoms with Crippen molar-refractivity contribution in [1.82, 2.24) is 20.1 Å². The van der Waals surface area contributed by atoms with Crippen LogP contribution in [0.25, 0.3) is 0 Å². The third kappa shape index (κ3) is 2.22. The van der Waals surface area contributed by atoms with Crippen LogP contribution < -0.4 is 10.6 Å². The van der Waals surface area contributed by atoms with E-state index in [1.54, 1.807) is 11.0 Å². The van der Waals surface area contributed by atoms with Gasteiger partial charge in [0.2, 0.25) is 0 Å². The van der Waals surface area contributed by atoms with Crippen LogP contribution in [-0.4, -0.2) is 21.3 Å². The first kappa shape index (κ1) is 11.2. The molecule has 0 atom stereocenters. The van der Waals surface area contributed by atoms with Gasteiger partial charge in [0.05, 0.1) is 6.54 Å². The molecule has 0 amide bonds. The molecule has 18 heavy (non-hydrogen) atoms. The Labute approximate surface area is 106 Å². The zero-order chi connectivity index (χ0) is 12.4. The third-order valence-corrected chi connectivity index (χ3v) is 3.18. The van der Waals surface area contributed by atoms with Crippen LogP contribution in [0, 0.1) is 0 Å². The summed E-state index contributed by atoms with van der Waals surface area (Å²) in [7, 11) is 1.88. The van der Waals surface area contributed by atoms with E-state index in [0.717, 1.165) is 25.3 Å². The van der Waals surface area contributed by atoms with E-state index in [2.05, 4.69) is 38.9 Å². The molecule has 1 aliphatic heterocycles. The number of anilines is 1. The number of para-hydroxylation sites is 1. The summed E-state index contributed by atoms with van der Waals surface area (Å²) in [6, 6.07) is 6.48. The quantitative estimate of drug-likeness (QED) is 0.843. The summed E-state index contributed by atoms with van der Waals surface area (Å²) in [6.07, 6.45) is 2.85. The van der Waals surface area contributed by atoms with Crippen molar-refractivity contribution >= 4 is 5.69 Å². The van der Waals surface area contributed by atoms with Gasteiger partial charge in [0.1, 0.15) is 6.33 Å². The molecule has 2 aromatic rings. The number of rotatable bonds is 4. The molecule has 2 heterocycles. The summed E-state index contributed by atoms with van der Waals surface area (Å²) in [5.41, 5.74) is 4.05. The van der Waals surface area contributed by atoms with Crippen LogP contribution in [0.1, 0.15) is 17.0 Å². The normalized spacial score (nSPS) is 13.4. The smallest absolute Gasteiger partial charge is 0.164 e. The van der Waals surface area contributed by atoms with E-state index < -0.39 is 0 Å². The lowest BCUT2D eigenvalue weighted by molar-refractivity contribution is 0.650. The van der Waals surface area contributed by atoms with E-state index >= 15 is 0 Å². The molecule has 0 aliphatic carbocycles.